The Balaban J connectivity index is 0. The molecule has 1 aliphatic heterocycles. The van der Waals surface area contributed by atoms with Gasteiger partial charge in [0.25, 0.3) is 0 Å². The molecule has 170 valence electrons. The summed E-state index contributed by atoms with van der Waals surface area (Å²) < 4.78 is 41.7. The molecule has 0 radical (unpaired) electrons. The van der Waals surface area contributed by atoms with Gasteiger partial charge in [-0.05, 0) is 42.2 Å². The largest absolute Gasteiger partial charge is 0.493 e. The summed E-state index contributed by atoms with van der Waals surface area (Å²) in [7, 11) is 0. The molecule has 0 unspecified atom stereocenters. The minimum Gasteiger partial charge on any atom is -0.493 e. The molecule has 2 N–H and O–H groups in total. The smallest absolute Gasteiger partial charge is 0.416 e. The zero-order chi connectivity index (χ0) is 23.6. The van der Waals surface area contributed by atoms with Gasteiger partial charge in [0.1, 0.15) is 5.75 Å². The Labute approximate surface area is 184 Å². The molecule has 2 aromatic carbocycles. The van der Waals surface area contributed by atoms with Crippen molar-refractivity contribution in [3.63, 3.8) is 0 Å². The molecular formula is C23H34F3NO2S. The lowest BCUT2D eigenvalue weighted by molar-refractivity contribution is -0.137. The SMILES string of the molecule is CC.CCCC.CS.FC(F)(F)c1ccc2c(c1)CCO2.NC(=O)c1ccccc1. The van der Waals surface area contributed by atoms with Crippen LogP contribution in [0.25, 0.3) is 0 Å². The topological polar surface area (TPSA) is 52.3 Å². The van der Waals surface area contributed by atoms with E-state index in [0.717, 1.165) is 12.1 Å². The number of primary amides is 1. The van der Waals surface area contributed by atoms with Crippen LogP contribution in [-0.2, 0) is 12.6 Å². The van der Waals surface area contributed by atoms with Crippen molar-refractivity contribution in [3.8, 4) is 5.75 Å². The third-order valence-corrected chi connectivity index (χ3v) is 3.58. The standard InChI is InChI=1S/C9H7F3O.C7H7NO.C4H10.C2H6.CH4S/c10-9(11,12)7-1-2-8-6(5-7)3-4-13-8;8-7(9)6-4-2-1-3-5-6;1-3-4-2;2*1-2/h1-2,5H,3-4H2;1-5H,(H2,8,9);3-4H2,1-2H3;1-2H3;2H,1H3. The van der Waals surface area contributed by atoms with Crippen LogP contribution in [0.15, 0.2) is 48.5 Å². The Morgan fingerprint density at radius 1 is 1.03 bits per heavy atom. The number of benzene rings is 2. The molecular weight excluding hydrogens is 411 g/mol. The highest BCUT2D eigenvalue weighted by Gasteiger charge is 2.31. The van der Waals surface area contributed by atoms with Gasteiger partial charge in [-0.15, -0.1) is 0 Å². The van der Waals surface area contributed by atoms with E-state index in [0.29, 0.717) is 29.9 Å². The summed E-state index contributed by atoms with van der Waals surface area (Å²) in [5.74, 6) is 0.198. The molecule has 0 atom stereocenters. The van der Waals surface area contributed by atoms with Crippen LogP contribution in [0.5, 0.6) is 5.75 Å². The van der Waals surface area contributed by atoms with Crippen molar-refractivity contribution in [2.45, 2.75) is 53.1 Å². The highest BCUT2D eigenvalue weighted by Crippen LogP contribution is 2.34. The molecule has 1 aliphatic rings. The first-order valence-electron chi connectivity index (χ1n) is 9.92. The minimum atomic E-state index is -4.25. The van der Waals surface area contributed by atoms with Crippen molar-refractivity contribution in [2.75, 3.05) is 12.9 Å². The highest BCUT2D eigenvalue weighted by molar-refractivity contribution is 7.79. The molecule has 2 aromatic rings. The molecule has 1 amide bonds. The van der Waals surface area contributed by atoms with Gasteiger partial charge in [-0.1, -0.05) is 58.7 Å². The Kier molecular flexibility index (Phi) is 17.7. The first-order chi connectivity index (χ1) is 14.3. The van der Waals surface area contributed by atoms with Gasteiger partial charge in [0.2, 0.25) is 5.91 Å². The van der Waals surface area contributed by atoms with Crippen LogP contribution >= 0.6 is 12.6 Å². The zero-order valence-corrected chi connectivity index (χ0v) is 19.3. The van der Waals surface area contributed by atoms with Crippen LogP contribution < -0.4 is 10.5 Å². The van der Waals surface area contributed by atoms with Crippen molar-refractivity contribution >= 4 is 18.5 Å². The van der Waals surface area contributed by atoms with Crippen molar-refractivity contribution < 1.29 is 22.7 Å². The summed E-state index contributed by atoms with van der Waals surface area (Å²) in [6.07, 6.45) is 0.650. The van der Waals surface area contributed by atoms with Gasteiger partial charge in [-0.25, -0.2) is 0 Å². The van der Waals surface area contributed by atoms with Crippen LogP contribution in [0.4, 0.5) is 13.2 Å². The zero-order valence-electron chi connectivity index (χ0n) is 18.4. The monoisotopic (exact) mass is 445 g/mol. The predicted molar refractivity (Wildman–Crippen MR) is 122 cm³/mol. The lowest BCUT2D eigenvalue weighted by Crippen LogP contribution is -2.09. The molecule has 7 heteroatoms. The minimum absolute atomic E-state index is 0.379. The number of ether oxygens (including phenoxy) is 1. The van der Waals surface area contributed by atoms with Gasteiger partial charge in [-0.2, -0.15) is 25.8 Å². The van der Waals surface area contributed by atoms with Crippen LogP contribution in [0.2, 0.25) is 0 Å². The molecule has 0 spiro atoms. The molecule has 3 nitrogen and oxygen atoms in total. The third kappa shape index (κ3) is 12.4. The van der Waals surface area contributed by atoms with Gasteiger partial charge in [0.15, 0.2) is 0 Å². The fraction of sp³-hybridized carbons (Fsp3) is 0.435. The number of hydrogen-bond donors (Lipinski definition) is 2. The van der Waals surface area contributed by atoms with E-state index in [1.807, 2.05) is 19.9 Å². The maximum atomic E-state index is 12.2. The number of unbranched alkanes of at least 4 members (excludes halogenated alkanes) is 1. The van der Waals surface area contributed by atoms with Gasteiger partial charge < -0.3 is 10.5 Å². The summed E-state index contributed by atoms with van der Waals surface area (Å²) in [6, 6.07) is 12.3. The summed E-state index contributed by atoms with van der Waals surface area (Å²) in [5.41, 5.74) is 5.58. The molecule has 1 heterocycles. The van der Waals surface area contributed by atoms with Crippen LogP contribution in [0, 0.1) is 0 Å². The highest BCUT2D eigenvalue weighted by atomic mass is 32.1. The average Bonchev–Trinajstić information content (AvgIpc) is 3.25. The molecule has 0 fully saturated rings. The Hall–Kier alpha value is -2.15. The lowest BCUT2D eigenvalue weighted by atomic mass is 10.1. The molecule has 0 aliphatic carbocycles. The second-order valence-electron chi connectivity index (χ2n) is 5.65. The number of fused-ring (bicyclic) bond motifs is 1. The molecule has 0 bridgehead atoms. The van der Waals surface area contributed by atoms with Gasteiger partial charge in [0.05, 0.1) is 12.2 Å². The molecule has 3 rings (SSSR count). The van der Waals surface area contributed by atoms with E-state index in [9.17, 15) is 18.0 Å². The molecule has 0 aromatic heterocycles. The van der Waals surface area contributed by atoms with Crippen LogP contribution in [0.3, 0.4) is 0 Å². The lowest BCUT2D eigenvalue weighted by Gasteiger charge is -2.07. The van der Waals surface area contributed by atoms with Crippen molar-refractivity contribution in [1.29, 1.82) is 0 Å². The number of rotatable bonds is 2. The fourth-order valence-electron chi connectivity index (χ4n) is 1.97. The van der Waals surface area contributed by atoms with Gasteiger partial charge >= 0.3 is 6.18 Å². The Morgan fingerprint density at radius 2 is 1.57 bits per heavy atom. The normalized spacial score (nSPS) is 10.7. The van der Waals surface area contributed by atoms with Crippen molar-refractivity contribution in [3.05, 3.63) is 65.2 Å². The third-order valence-electron chi connectivity index (χ3n) is 3.58. The van der Waals surface area contributed by atoms with Crippen molar-refractivity contribution in [2.24, 2.45) is 5.73 Å². The molecule has 0 saturated carbocycles. The van der Waals surface area contributed by atoms with E-state index in [1.165, 1.54) is 18.9 Å². The van der Waals surface area contributed by atoms with Crippen LogP contribution in [0.1, 0.15) is 62.0 Å². The van der Waals surface area contributed by atoms with E-state index in [4.69, 9.17) is 10.5 Å². The van der Waals surface area contributed by atoms with Crippen molar-refractivity contribution in [1.82, 2.24) is 0 Å². The second kappa shape index (κ2) is 17.7. The van der Waals surface area contributed by atoms with E-state index in [2.05, 4.69) is 26.5 Å². The summed E-state index contributed by atoms with van der Waals surface area (Å²) in [6.45, 7) is 8.84. The van der Waals surface area contributed by atoms with Gasteiger partial charge in [-0.3, -0.25) is 4.79 Å². The number of amides is 1. The predicted octanol–water partition coefficient (Wildman–Crippen LogP) is 6.80. The second-order valence-corrected chi connectivity index (χ2v) is 5.65. The van der Waals surface area contributed by atoms with E-state index >= 15 is 0 Å². The number of carbonyl (C=O) groups is 1. The van der Waals surface area contributed by atoms with E-state index in [-0.39, 0.29) is 5.91 Å². The Bertz CT molecular complexity index is 691. The molecule has 0 saturated heterocycles. The van der Waals surface area contributed by atoms with E-state index in [1.54, 1.807) is 30.5 Å². The Morgan fingerprint density at radius 3 is 1.97 bits per heavy atom. The number of thiol groups is 1. The number of halogens is 3. The van der Waals surface area contributed by atoms with Crippen LogP contribution in [-0.4, -0.2) is 18.8 Å². The van der Waals surface area contributed by atoms with Gasteiger partial charge in [0, 0.05) is 12.0 Å². The summed E-state index contributed by atoms with van der Waals surface area (Å²) >= 11 is 3.53. The van der Waals surface area contributed by atoms with E-state index < -0.39 is 11.7 Å². The molecule has 30 heavy (non-hydrogen) atoms. The maximum Gasteiger partial charge on any atom is 0.416 e. The summed E-state index contributed by atoms with van der Waals surface area (Å²) in [5, 5.41) is 0. The maximum absolute atomic E-state index is 12.2. The first-order valence-corrected chi connectivity index (χ1v) is 10.8. The average molecular weight is 446 g/mol. The number of carbonyl (C=O) groups excluding carboxylic acids is 1. The summed E-state index contributed by atoms with van der Waals surface area (Å²) in [4.78, 5) is 10.4. The number of alkyl halides is 3. The fourth-order valence-corrected chi connectivity index (χ4v) is 1.97. The first kappa shape index (κ1) is 30.0. The number of nitrogens with two attached hydrogens (primary N) is 1. The quantitative estimate of drug-likeness (QED) is 0.499. The number of hydrogen-bond acceptors (Lipinski definition) is 3.